The molecule has 0 aliphatic carbocycles. The van der Waals surface area contributed by atoms with Gasteiger partial charge in [0.15, 0.2) is 11.9 Å². The molecular weight excluding hydrogens is 306 g/mol. The third-order valence-electron chi connectivity index (χ3n) is 2.68. The lowest BCUT2D eigenvalue weighted by Crippen LogP contribution is -2.40. The van der Waals surface area contributed by atoms with Crippen LogP contribution in [0.25, 0.3) is 0 Å². The number of benzene rings is 1. The summed E-state index contributed by atoms with van der Waals surface area (Å²) in [6.07, 6.45) is -4.74. The molecule has 1 atom stereocenters. The average Bonchev–Trinajstić information content (AvgIpc) is 2.81. The van der Waals surface area contributed by atoms with Crippen molar-refractivity contribution in [1.29, 1.82) is 0 Å². The predicted octanol–water partition coefficient (Wildman–Crippen LogP) is 3.55. The van der Waals surface area contributed by atoms with Gasteiger partial charge < -0.3 is 9.84 Å². The standard InChI is InChI=1S/C13H11F4N3O2/c1-7-6-10(20-22-7)18-12(21)19-11(13(15,16)17)8-2-4-9(14)5-3-8/h2-6,11H,1H3,(H2,18,19,20,21)/t11-/m0/s1. The molecule has 0 aliphatic rings. The van der Waals surface area contributed by atoms with Crippen molar-refractivity contribution in [1.82, 2.24) is 10.5 Å². The third-order valence-corrected chi connectivity index (χ3v) is 2.68. The van der Waals surface area contributed by atoms with Crippen molar-refractivity contribution >= 4 is 11.8 Å². The van der Waals surface area contributed by atoms with Gasteiger partial charge in [0.25, 0.3) is 0 Å². The van der Waals surface area contributed by atoms with Crippen LogP contribution in [-0.2, 0) is 0 Å². The summed E-state index contributed by atoms with van der Waals surface area (Å²) in [5.41, 5.74) is -0.291. The summed E-state index contributed by atoms with van der Waals surface area (Å²) in [6.45, 7) is 1.56. The maximum atomic E-state index is 13.0. The molecule has 0 saturated carbocycles. The number of hydrogen-bond acceptors (Lipinski definition) is 3. The number of nitrogens with zero attached hydrogens (tertiary/aromatic N) is 1. The minimum atomic E-state index is -4.74. The lowest BCUT2D eigenvalue weighted by atomic mass is 10.1. The van der Waals surface area contributed by atoms with Gasteiger partial charge in [0.05, 0.1) is 0 Å². The summed E-state index contributed by atoms with van der Waals surface area (Å²) in [5.74, 6) is -0.302. The van der Waals surface area contributed by atoms with Crippen LogP contribution in [0.3, 0.4) is 0 Å². The Morgan fingerprint density at radius 3 is 2.41 bits per heavy atom. The van der Waals surface area contributed by atoms with E-state index in [2.05, 4.69) is 15.0 Å². The quantitative estimate of drug-likeness (QED) is 0.851. The van der Waals surface area contributed by atoms with Crippen molar-refractivity contribution in [3.05, 3.63) is 47.5 Å². The second-order valence-corrected chi connectivity index (χ2v) is 4.45. The Balaban J connectivity index is 2.13. The number of halogens is 4. The van der Waals surface area contributed by atoms with Gasteiger partial charge in [-0.3, -0.25) is 5.32 Å². The fourth-order valence-corrected chi connectivity index (χ4v) is 1.72. The summed E-state index contributed by atoms with van der Waals surface area (Å²) < 4.78 is 56.6. The second-order valence-electron chi connectivity index (χ2n) is 4.45. The molecular formula is C13H11F4N3O2. The van der Waals surface area contributed by atoms with Crippen LogP contribution in [0.1, 0.15) is 17.4 Å². The van der Waals surface area contributed by atoms with Gasteiger partial charge in [0, 0.05) is 6.07 Å². The molecule has 2 rings (SSSR count). The topological polar surface area (TPSA) is 67.2 Å². The van der Waals surface area contributed by atoms with E-state index in [1.807, 2.05) is 0 Å². The number of nitrogens with one attached hydrogen (secondary N) is 2. The zero-order valence-electron chi connectivity index (χ0n) is 11.2. The smallest absolute Gasteiger partial charge is 0.360 e. The van der Waals surface area contributed by atoms with Crippen molar-refractivity contribution in [2.45, 2.75) is 19.1 Å². The number of urea groups is 1. The largest absolute Gasteiger partial charge is 0.412 e. The van der Waals surface area contributed by atoms with Crippen molar-refractivity contribution < 1.29 is 26.9 Å². The van der Waals surface area contributed by atoms with Gasteiger partial charge in [-0.2, -0.15) is 13.2 Å². The Morgan fingerprint density at radius 2 is 1.91 bits per heavy atom. The highest BCUT2D eigenvalue weighted by atomic mass is 19.4. The Morgan fingerprint density at radius 1 is 1.27 bits per heavy atom. The van der Waals surface area contributed by atoms with Gasteiger partial charge in [0.2, 0.25) is 0 Å². The SMILES string of the molecule is Cc1cc(NC(=O)N[C@@H](c2ccc(F)cc2)C(F)(F)F)no1. The number of hydrogen-bond donors (Lipinski definition) is 2. The molecule has 118 valence electrons. The van der Waals surface area contributed by atoms with E-state index in [1.165, 1.54) is 6.07 Å². The van der Waals surface area contributed by atoms with Crippen LogP contribution in [0.4, 0.5) is 28.2 Å². The molecule has 22 heavy (non-hydrogen) atoms. The summed E-state index contributed by atoms with van der Waals surface area (Å²) in [7, 11) is 0. The first-order valence-electron chi connectivity index (χ1n) is 6.09. The van der Waals surface area contributed by atoms with E-state index in [4.69, 9.17) is 0 Å². The fourth-order valence-electron chi connectivity index (χ4n) is 1.72. The van der Waals surface area contributed by atoms with E-state index in [0.29, 0.717) is 5.76 Å². The van der Waals surface area contributed by atoms with E-state index < -0.39 is 24.1 Å². The molecule has 2 aromatic rings. The van der Waals surface area contributed by atoms with Crippen LogP contribution < -0.4 is 10.6 Å². The minimum Gasteiger partial charge on any atom is -0.360 e. The maximum Gasteiger partial charge on any atom is 0.412 e. The number of alkyl halides is 3. The van der Waals surface area contributed by atoms with Crippen molar-refractivity contribution in [3.63, 3.8) is 0 Å². The minimum absolute atomic E-state index is 0.0185. The molecule has 1 heterocycles. The number of amides is 2. The van der Waals surface area contributed by atoms with Crippen LogP contribution in [-0.4, -0.2) is 17.4 Å². The van der Waals surface area contributed by atoms with Crippen molar-refractivity contribution in [3.8, 4) is 0 Å². The van der Waals surface area contributed by atoms with Crippen LogP contribution in [0, 0.1) is 12.7 Å². The summed E-state index contributed by atoms with van der Waals surface area (Å²) >= 11 is 0. The molecule has 0 fully saturated rings. The number of aryl methyl sites for hydroxylation is 1. The van der Waals surface area contributed by atoms with E-state index >= 15 is 0 Å². The number of carbonyl (C=O) groups excluding carboxylic acids is 1. The van der Waals surface area contributed by atoms with Crippen LogP contribution in [0.2, 0.25) is 0 Å². The highest BCUT2D eigenvalue weighted by Crippen LogP contribution is 2.32. The molecule has 1 aromatic carbocycles. The molecule has 2 N–H and O–H groups in total. The molecule has 0 saturated heterocycles. The molecule has 0 bridgehead atoms. The highest BCUT2D eigenvalue weighted by Gasteiger charge is 2.42. The lowest BCUT2D eigenvalue weighted by Gasteiger charge is -2.21. The van der Waals surface area contributed by atoms with Crippen molar-refractivity contribution in [2.24, 2.45) is 0 Å². The van der Waals surface area contributed by atoms with Crippen LogP contribution in [0.15, 0.2) is 34.9 Å². The summed E-state index contributed by atoms with van der Waals surface area (Å²) in [5, 5.41) is 7.32. The molecule has 5 nitrogen and oxygen atoms in total. The van der Waals surface area contributed by atoms with Gasteiger partial charge in [-0.05, 0) is 24.6 Å². The normalized spacial score (nSPS) is 12.8. The molecule has 2 amide bonds. The number of anilines is 1. The Hall–Kier alpha value is -2.58. The van der Waals surface area contributed by atoms with E-state index in [1.54, 1.807) is 12.2 Å². The second kappa shape index (κ2) is 6.04. The Labute approximate surface area is 122 Å². The summed E-state index contributed by atoms with van der Waals surface area (Å²) in [6, 6.07) is 1.63. The first kappa shape index (κ1) is 15.8. The van der Waals surface area contributed by atoms with Gasteiger partial charge in [0.1, 0.15) is 11.6 Å². The average molecular weight is 317 g/mol. The number of aromatic nitrogens is 1. The monoisotopic (exact) mass is 317 g/mol. The molecule has 0 radical (unpaired) electrons. The molecule has 0 spiro atoms. The van der Waals surface area contributed by atoms with Crippen molar-refractivity contribution in [2.75, 3.05) is 5.32 Å². The predicted molar refractivity (Wildman–Crippen MR) is 68.6 cm³/mol. The molecule has 9 heteroatoms. The number of rotatable bonds is 3. The zero-order valence-corrected chi connectivity index (χ0v) is 11.2. The van der Waals surface area contributed by atoms with Gasteiger partial charge in [-0.15, -0.1) is 0 Å². The van der Waals surface area contributed by atoms with E-state index in [-0.39, 0.29) is 11.4 Å². The zero-order chi connectivity index (χ0) is 16.3. The molecule has 0 unspecified atom stereocenters. The van der Waals surface area contributed by atoms with E-state index in [9.17, 15) is 22.4 Å². The maximum absolute atomic E-state index is 13.0. The van der Waals surface area contributed by atoms with Gasteiger partial charge in [-0.1, -0.05) is 17.3 Å². The van der Waals surface area contributed by atoms with Crippen LogP contribution in [0.5, 0.6) is 0 Å². The Kier molecular flexibility index (Phi) is 4.34. The summed E-state index contributed by atoms with van der Waals surface area (Å²) in [4.78, 5) is 11.6. The van der Waals surface area contributed by atoms with Gasteiger partial charge >= 0.3 is 12.2 Å². The molecule has 1 aromatic heterocycles. The highest BCUT2D eigenvalue weighted by molar-refractivity contribution is 5.88. The van der Waals surface area contributed by atoms with E-state index in [0.717, 1.165) is 24.3 Å². The lowest BCUT2D eigenvalue weighted by molar-refractivity contribution is -0.154. The first-order valence-corrected chi connectivity index (χ1v) is 6.09. The fraction of sp³-hybridized carbons (Fsp3) is 0.231. The van der Waals surface area contributed by atoms with Crippen LogP contribution >= 0.6 is 0 Å². The number of carbonyl (C=O) groups is 1. The molecule has 0 aliphatic heterocycles. The third kappa shape index (κ3) is 3.96. The Bertz CT molecular complexity index is 652. The van der Waals surface area contributed by atoms with Gasteiger partial charge in [-0.25, -0.2) is 9.18 Å². The first-order chi connectivity index (χ1) is 10.3.